The average molecular weight is 642 g/mol. The first-order chi connectivity index (χ1) is 17.8. The number of hydrogen-bond acceptors (Lipinski definition) is 4. The van der Waals surface area contributed by atoms with Crippen LogP contribution < -0.4 is 0 Å². The molecule has 0 aliphatic heterocycles. The van der Waals surface area contributed by atoms with Crippen LogP contribution in [0.3, 0.4) is 0 Å². The Bertz CT molecular complexity index is 948. The van der Waals surface area contributed by atoms with Crippen LogP contribution in [-0.2, 0) is 9.53 Å². The van der Waals surface area contributed by atoms with E-state index in [-0.39, 0.29) is 6.92 Å². The van der Waals surface area contributed by atoms with Crippen LogP contribution in [0.25, 0.3) is 0 Å². The SMILES string of the molecule is CC(=O)OC(CC1C(CC(O)(C(F)(F)F)C(F)(F)F)C2C(C)C(C)C1C2C(O)(F)C(F)(F)F)(C(F)(F)F)C(F)(F)F. The number of halogens is 16. The fraction of sp³-hybridized carbons (Fsp3) is 0.952. The van der Waals surface area contributed by atoms with Crippen molar-refractivity contribution in [1.82, 2.24) is 0 Å². The van der Waals surface area contributed by atoms with Gasteiger partial charge in [0.2, 0.25) is 0 Å². The highest BCUT2D eigenvalue weighted by molar-refractivity contribution is 5.66. The summed E-state index contributed by atoms with van der Waals surface area (Å²) in [5.74, 6) is -25.3. The normalized spacial score (nSPS) is 31.8. The van der Waals surface area contributed by atoms with E-state index in [2.05, 4.69) is 4.74 Å². The smallest absolute Gasteiger partial charge is 0.440 e. The molecule has 0 radical (unpaired) electrons. The lowest BCUT2D eigenvalue weighted by Gasteiger charge is -2.46. The fourth-order valence-electron chi connectivity index (χ4n) is 6.63. The third-order valence-electron chi connectivity index (χ3n) is 8.48. The molecule has 20 heteroatoms. The van der Waals surface area contributed by atoms with Crippen LogP contribution in [0.5, 0.6) is 0 Å². The van der Waals surface area contributed by atoms with Crippen molar-refractivity contribution < 1.29 is 90.0 Å². The zero-order valence-electron chi connectivity index (χ0n) is 20.7. The first kappa shape index (κ1) is 35.5. The zero-order valence-corrected chi connectivity index (χ0v) is 20.7. The standard InChI is InChI=1S/C21H22F16O4/c1-6-7(2)12-10(5-15(19(29,30)31,20(32,33)34)41-8(3)38)9(4-14(39,17(23,24)25)18(26,27)28)11(6)13(12)16(22,40)21(35,36)37/h6-7,9-13,39-40H,4-5H2,1-3H3. The van der Waals surface area contributed by atoms with Gasteiger partial charge in [0.05, 0.1) is 0 Å². The van der Waals surface area contributed by atoms with Gasteiger partial charge in [-0.1, -0.05) is 13.8 Å². The molecule has 8 unspecified atom stereocenters. The maximum absolute atomic E-state index is 14.9. The van der Waals surface area contributed by atoms with Crippen molar-refractivity contribution in [2.75, 3.05) is 0 Å². The molecular formula is C21H22F16O4. The van der Waals surface area contributed by atoms with E-state index < -0.39 is 108 Å². The highest BCUT2D eigenvalue weighted by atomic mass is 19.4. The second-order valence-electron chi connectivity index (χ2n) is 10.6. The average Bonchev–Trinajstić information content (AvgIpc) is 3.14. The number of hydrogen-bond donors (Lipinski definition) is 2. The van der Waals surface area contributed by atoms with Gasteiger partial charge in [-0.3, -0.25) is 4.79 Å². The Morgan fingerprint density at radius 2 is 0.951 bits per heavy atom. The van der Waals surface area contributed by atoms with Gasteiger partial charge in [0.15, 0.2) is 0 Å². The summed E-state index contributed by atoms with van der Waals surface area (Å²) in [6, 6.07) is 0. The molecule has 0 heterocycles. The van der Waals surface area contributed by atoms with E-state index in [1.165, 1.54) is 0 Å². The van der Waals surface area contributed by atoms with Crippen LogP contribution in [-0.4, -0.2) is 64.1 Å². The van der Waals surface area contributed by atoms with Crippen molar-refractivity contribution >= 4 is 5.97 Å². The molecule has 242 valence electrons. The lowest BCUT2D eigenvalue weighted by atomic mass is 9.63. The van der Waals surface area contributed by atoms with Crippen LogP contribution in [0.2, 0.25) is 0 Å². The minimum Gasteiger partial charge on any atom is -0.440 e. The van der Waals surface area contributed by atoms with E-state index in [9.17, 15) is 85.3 Å². The van der Waals surface area contributed by atoms with Gasteiger partial charge in [-0.05, 0) is 41.9 Å². The van der Waals surface area contributed by atoms with Crippen molar-refractivity contribution in [2.24, 2.45) is 41.4 Å². The molecule has 0 spiro atoms. The number of ether oxygens (including phenoxy) is 1. The molecule has 2 N–H and O–H groups in total. The molecule has 0 amide bonds. The molecule has 2 aliphatic rings. The van der Waals surface area contributed by atoms with Crippen LogP contribution in [0.15, 0.2) is 0 Å². The molecule has 0 aromatic heterocycles. The maximum Gasteiger partial charge on any atom is 0.448 e. The van der Waals surface area contributed by atoms with E-state index in [4.69, 9.17) is 0 Å². The van der Waals surface area contributed by atoms with Crippen LogP contribution in [0, 0.1) is 41.4 Å². The quantitative estimate of drug-likeness (QED) is 0.252. The predicted octanol–water partition coefficient (Wildman–Crippen LogP) is 6.65. The topological polar surface area (TPSA) is 66.8 Å². The molecule has 2 aliphatic carbocycles. The van der Waals surface area contributed by atoms with E-state index >= 15 is 0 Å². The number of rotatable bonds is 6. The van der Waals surface area contributed by atoms with Crippen molar-refractivity contribution in [2.45, 2.75) is 81.6 Å². The lowest BCUT2D eigenvalue weighted by molar-refractivity contribution is -0.381. The summed E-state index contributed by atoms with van der Waals surface area (Å²) in [6.45, 7) is 1.71. The summed E-state index contributed by atoms with van der Waals surface area (Å²) in [4.78, 5) is 11.3. The van der Waals surface area contributed by atoms with E-state index in [0.29, 0.717) is 0 Å². The van der Waals surface area contributed by atoms with Crippen molar-refractivity contribution in [3.05, 3.63) is 0 Å². The molecular weight excluding hydrogens is 620 g/mol. The number of esters is 1. The second-order valence-corrected chi connectivity index (χ2v) is 10.6. The summed E-state index contributed by atoms with van der Waals surface area (Å²) in [5.41, 5.74) is -11.6. The summed E-state index contributed by atoms with van der Waals surface area (Å²) in [5, 5.41) is 19.5. The van der Waals surface area contributed by atoms with E-state index in [1.54, 1.807) is 0 Å². The highest BCUT2D eigenvalue weighted by Gasteiger charge is 2.81. The van der Waals surface area contributed by atoms with Gasteiger partial charge < -0.3 is 14.9 Å². The molecule has 4 nitrogen and oxygen atoms in total. The molecule has 2 saturated carbocycles. The summed E-state index contributed by atoms with van der Waals surface area (Å²) in [7, 11) is 0. The zero-order chi connectivity index (χ0) is 32.7. The molecule has 2 fully saturated rings. The lowest BCUT2D eigenvalue weighted by Crippen LogP contribution is -2.62. The molecule has 0 saturated heterocycles. The Morgan fingerprint density at radius 3 is 1.22 bits per heavy atom. The Labute approximate surface area is 220 Å². The molecule has 0 aromatic carbocycles. The number of aliphatic hydroxyl groups is 2. The molecule has 2 rings (SSSR count). The van der Waals surface area contributed by atoms with Crippen molar-refractivity contribution in [1.29, 1.82) is 0 Å². The Kier molecular flexibility index (Phi) is 8.57. The second kappa shape index (κ2) is 9.90. The van der Waals surface area contributed by atoms with Gasteiger partial charge >= 0.3 is 48.3 Å². The van der Waals surface area contributed by atoms with Crippen molar-refractivity contribution in [3.8, 4) is 0 Å². The van der Waals surface area contributed by atoms with Crippen LogP contribution in [0.1, 0.15) is 33.6 Å². The van der Waals surface area contributed by atoms with Gasteiger partial charge in [0, 0.05) is 19.3 Å². The van der Waals surface area contributed by atoms with Crippen LogP contribution in [0.4, 0.5) is 70.2 Å². The Hall–Kier alpha value is -1.73. The minimum absolute atomic E-state index is 0.0357. The predicted molar refractivity (Wildman–Crippen MR) is 101 cm³/mol. The Morgan fingerprint density at radius 1 is 0.610 bits per heavy atom. The third kappa shape index (κ3) is 5.43. The van der Waals surface area contributed by atoms with E-state index in [1.807, 2.05) is 0 Å². The van der Waals surface area contributed by atoms with Crippen molar-refractivity contribution in [3.63, 3.8) is 0 Å². The van der Waals surface area contributed by atoms with Gasteiger partial charge in [0.25, 0.3) is 5.60 Å². The van der Waals surface area contributed by atoms with E-state index in [0.717, 1.165) is 13.8 Å². The summed E-state index contributed by atoms with van der Waals surface area (Å²) in [6.07, 6.45) is -38.8. The minimum atomic E-state index is -6.72. The first-order valence-electron chi connectivity index (χ1n) is 11.5. The summed E-state index contributed by atoms with van der Waals surface area (Å²) >= 11 is 0. The highest BCUT2D eigenvalue weighted by Crippen LogP contribution is 2.70. The van der Waals surface area contributed by atoms with Gasteiger partial charge in [-0.2, -0.15) is 65.9 Å². The van der Waals surface area contributed by atoms with Gasteiger partial charge in [-0.25, -0.2) is 4.39 Å². The first-order valence-corrected chi connectivity index (χ1v) is 11.5. The number of fused-ring (bicyclic) bond motifs is 2. The number of alkyl halides is 16. The number of carbonyl (C=O) groups is 1. The third-order valence-corrected chi connectivity index (χ3v) is 8.48. The monoisotopic (exact) mass is 642 g/mol. The van der Waals surface area contributed by atoms with Gasteiger partial charge in [-0.15, -0.1) is 0 Å². The molecule has 41 heavy (non-hydrogen) atoms. The Balaban J connectivity index is 2.94. The molecule has 0 aromatic rings. The fourth-order valence-corrected chi connectivity index (χ4v) is 6.63. The number of carbonyl (C=O) groups excluding carboxylic acids is 1. The summed E-state index contributed by atoms with van der Waals surface area (Å²) < 4.78 is 224. The molecule has 8 atom stereocenters. The molecule has 2 bridgehead atoms. The largest absolute Gasteiger partial charge is 0.448 e. The van der Waals surface area contributed by atoms with Gasteiger partial charge in [0.1, 0.15) is 0 Å². The van der Waals surface area contributed by atoms with Crippen LogP contribution >= 0.6 is 0 Å². The maximum atomic E-state index is 14.9.